The van der Waals surface area contributed by atoms with E-state index in [0.717, 1.165) is 0 Å². The smallest absolute Gasteiger partial charge is 0.258 e. The first-order valence-corrected chi connectivity index (χ1v) is 6.43. The number of nitrogens with zero attached hydrogens (tertiary/aromatic N) is 5. The second-order valence-electron chi connectivity index (χ2n) is 5.34. The maximum atomic E-state index is 11.3. The van der Waals surface area contributed by atoms with Crippen molar-refractivity contribution in [2.45, 2.75) is 12.5 Å². The number of rotatable bonds is 4. The van der Waals surface area contributed by atoms with Gasteiger partial charge >= 0.3 is 0 Å². The zero-order valence-corrected chi connectivity index (χ0v) is 13.0. The molecule has 114 valence electrons. The quantitative estimate of drug-likeness (QED) is 0.341. The zero-order chi connectivity index (χ0) is 16.0. The van der Waals surface area contributed by atoms with Gasteiger partial charge in [-0.15, -0.1) is 0 Å². The lowest BCUT2D eigenvalue weighted by Gasteiger charge is -2.11. The second kappa shape index (κ2) is 6.83. The van der Waals surface area contributed by atoms with Gasteiger partial charge in [0, 0.05) is 52.3 Å². The van der Waals surface area contributed by atoms with Gasteiger partial charge in [0.15, 0.2) is 5.84 Å². The SMILES string of the molecule is CN(C)C=NC1=NC(/C=C/N(C)C)=CC(C)([N+](=O)[O-])C=C1. The van der Waals surface area contributed by atoms with Crippen LogP contribution in [0.4, 0.5) is 0 Å². The lowest BCUT2D eigenvalue weighted by Crippen LogP contribution is -2.29. The summed E-state index contributed by atoms with van der Waals surface area (Å²) in [5, 5.41) is 11.3. The van der Waals surface area contributed by atoms with Crippen molar-refractivity contribution in [1.82, 2.24) is 9.80 Å². The van der Waals surface area contributed by atoms with Crippen molar-refractivity contribution < 1.29 is 4.92 Å². The van der Waals surface area contributed by atoms with Gasteiger partial charge in [-0.1, -0.05) is 0 Å². The number of aliphatic imine (C=N–C) groups is 2. The molecule has 0 amide bonds. The molecule has 1 aliphatic heterocycles. The molecule has 7 nitrogen and oxygen atoms in total. The fraction of sp³-hybridized carbons (Fsp3) is 0.429. The molecule has 0 aromatic heterocycles. The van der Waals surface area contributed by atoms with Crippen LogP contribution in [-0.4, -0.2) is 60.6 Å². The van der Waals surface area contributed by atoms with Gasteiger partial charge in [0.05, 0.1) is 12.0 Å². The van der Waals surface area contributed by atoms with Crippen molar-refractivity contribution >= 4 is 12.2 Å². The van der Waals surface area contributed by atoms with E-state index in [1.54, 1.807) is 29.6 Å². The summed E-state index contributed by atoms with van der Waals surface area (Å²) in [4.78, 5) is 23.1. The molecular weight excluding hydrogens is 270 g/mol. The number of allylic oxidation sites excluding steroid dienone is 1. The van der Waals surface area contributed by atoms with Gasteiger partial charge in [0.2, 0.25) is 0 Å². The number of hydrogen-bond acceptors (Lipinski definition) is 5. The van der Waals surface area contributed by atoms with Gasteiger partial charge in [0.25, 0.3) is 5.54 Å². The molecule has 0 radical (unpaired) electrons. The van der Waals surface area contributed by atoms with E-state index in [-0.39, 0.29) is 4.92 Å². The largest absolute Gasteiger partial charge is 0.383 e. The molecule has 1 aliphatic rings. The van der Waals surface area contributed by atoms with Crippen LogP contribution in [0.5, 0.6) is 0 Å². The lowest BCUT2D eigenvalue weighted by molar-refractivity contribution is -0.535. The van der Waals surface area contributed by atoms with Crippen LogP contribution in [0.25, 0.3) is 0 Å². The Balaban J connectivity index is 3.21. The fourth-order valence-corrected chi connectivity index (χ4v) is 1.46. The van der Waals surface area contributed by atoms with Gasteiger partial charge in [-0.25, -0.2) is 9.98 Å². The predicted octanol–water partition coefficient (Wildman–Crippen LogP) is 1.54. The minimum atomic E-state index is -1.30. The van der Waals surface area contributed by atoms with Crippen LogP contribution in [0.3, 0.4) is 0 Å². The average molecular weight is 291 g/mol. The highest BCUT2D eigenvalue weighted by atomic mass is 16.6. The molecule has 0 spiro atoms. The molecule has 0 saturated heterocycles. The standard InChI is InChI=1S/C14H21N5O2/c1-14(19(20)21)8-6-13(15-11-18(4)5)16-12(10-14)7-9-17(2)3/h6-11H,1-5H3/b9-7+,15-11?. The normalized spacial score (nSPS) is 22.1. The number of nitro groups is 1. The Morgan fingerprint density at radius 2 is 2.00 bits per heavy atom. The van der Waals surface area contributed by atoms with Crippen LogP contribution >= 0.6 is 0 Å². The molecule has 0 N–H and O–H groups in total. The molecule has 0 aromatic rings. The summed E-state index contributed by atoms with van der Waals surface area (Å²) in [7, 11) is 7.42. The molecule has 0 aliphatic carbocycles. The minimum absolute atomic E-state index is 0.346. The van der Waals surface area contributed by atoms with Gasteiger partial charge < -0.3 is 9.80 Å². The average Bonchev–Trinajstić information content (AvgIpc) is 2.54. The lowest BCUT2D eigenvalue weighted by atomic mass is 10.0. The molecule has 0 bridgehead atoms. The maximum Gasteiger partial charge on any atom is 0.258 e. The van der Waals surface area contributed by atoms with Crippen molar-refractivity contribution in [3.63, 3.8) is 0 Å². The summed E-state index contributed by atoms with van der Waals surface area (Å²) in [5.74, 6) is 0.420. The Kier molecular flexibility index (Phi) is 5.40. The Bertz CT molecular complexity index is 544. The highest BCUT2D eigenvalue weighted by Crippen LogP contribution is 2.20. The van der Waals surface area contributed by atoms with E-state index in [1.807, 2.05) is 33.1 Å². The monoisotopic (exact) mass is 291 g/mol. The second-order valence-corrected chi connectivity index (χ2v) is 5.34. The Labute approximate surface area is 124 Å². The van der Waals surface area contributed by atoms with Crippen LogP contribution in [-0.2, 0) is 0 Å². The van der Waals surface area contributed by atoms with E-state index in [1.165, 1.54) is 19.1 Å². The van der Waals surface area contributed by atoms with E-state index in [2.05, 4.69) is 9.98 Å². The van der Waals surface area contributed by atoms with Gasteiger partial charge in [0.1, 0.15) is 0 Å². The molecule has 0 aromatic carbocycles. The van der Waals surface area contributed by atoms with Crippen molar-refractivity contribution in [1.29, 1.82) is 0 Å². The Morgan fingerprint density at radius 3 is 2.52 bits per heavy atom. The van der Waals surface area contributed by atoms with Crippen LogP contribution in [0.2, 0.25) is 0 Å². The van der Waals surface area contributed by atoms with E-state index in [0.29, 0.717) is 11.5 Å². The fourth-order valence-electron chi connectivity index (χ4n) is 1.46. The maximum absolute atomic E-state index is 11.3. The highest BCUT2D eigenvalue weighted by molar-refractivity contribution is 5.99. The van der Waals surface area contributed by atoms with Crippen molar-refractivity contribution in [2.75, 3.05) is 28.2 Å². The van der Waals surface area contributed by atoms with Crippen molar-refractivity contribution in [3.05, 3.63) is 46.3 Å². The third-order valence-electron chi connectivity index (χ3n) is 2.61. The minimum Gasteiger partial charge on any atom is -0.383 e. The molecule has 1 unspecified atom stereocenters. The summed E-state index contributed by atoms with van der Waals surface area (Å²) >= 11 is 0. The summed E-state index contributed by atoms with van der Waals surface area (Å²) in [5.41, 5.74) is -0.802. The Hall–Kier alpha value is -2.44. The molecule has 1 heterocycles. The number of hydrogen-bond donors (Lipinski definition) is 0. The third kappa shape index (κ3) is 5.21. The summed E-state index contributed by atoms with van der Waals surface area (Å²) < 4.78 is 0. The first-order chi connectivity index (χ1) is 9.73. The van der Waals surface area contributed by atoms with Crippen LogP contribution in [0.1, 0.15) is 6.92 Å². The third-order valence-corrected chi connectivity index (χ3v) is 2.61. The van der Waals surface area contributed by atoms with Gasteiger partial charge in [-0.2, -0.15) is 0 Å². The first-order valence-electron chi connectivity index (χ1n) is 6.43. The van der Waals surface area contributed by atoms with Crippen LogP contribution in [0.15, 0.2) is 46.2 Å². The molecule has 1 atom stereocenters. The van der Waals surface area contributed by atoms with Crippen molar-refractivity contribution in [3.8, 4) is 0 Å². The van der Waals surface area contributed by atoms with E-state index < -0.39 is 5.54 Å². The van der Waals surface area contributed by atoms with Gasteiger partial charge in [-0.3, -0.25) is 10.1 Å². The molecule has 0 saturated carbocycles. The molecule has 0 fully saturated rings. The highest BCUT2D eigenvalue weighted by Gasteiger charge is 2.33. The summed E-state index contributed by atoms with van der Waals surface area (Å²) in [6, 6.07) is 0. The molecular formula is C14H21N5O2. The topological polar surface area (TPSA) is 74.3 Å². The zero-order valence-electron chi connectivity index (χ0n) is 13.0. The molecule has 1 rings (SSSR count). The Morgan fingerprint density at radius 1 is 1.33 bits per heavy atom. The van der Waals surface area contributed by atoms with Gasteiger partial charge in [-0.05, 0) is 18.2 Å². The van der Waals surface area contributed by atoms with Crippen LogP contribution < -0.4 is 0 Å². The first kappa shape index (κ1) is 16.6. The molecule has 7 heteroatoms. The summed E-state index contributed by atoms with van der Waals surface area (Å²) in [6.45, 7) is 1.53. The van der Waals surface area contributed by atoms with Crippen molar-refractivity contribution in [2.24, 2.45) is 9.98 Å². The summed E-state index contributed by atoms with van der Waals surface area (Å²) in [6.07, 6.45) is 9.69. The van der Waals surface area contributed by atoms with E-state index in [9.17, 15) is 10.1 Å². The van der Waals surface area contributed by atoms with E-state index in [4.69, 9.17) is 0 Å². The number of amidine groups is 1. The predicted molar refractivity (Wildman–Crippen MR) is 85.1 cm³/mol. The van der Waals surface area contributed by atoms with Crippen LogP contribution in [0, 0.1) is 10.1 Å². The molecule has 21 heavy (non-hydrogen) atoms. The van der Waals surface area contributed by atoms with E-state index >= 15 is 0 Å².